The molecule has 24 heavy (non-hydrogen) atoms. The number of halogens is 1. The molecule has 1 amide bonds. The highest BCUT2D eigenvalue weighted by Gasteiger charge is 2.21. The van der Waals surface area contributed by atoms with Crippen LogP contribution in [0.25, 0.3) is 0 Å². The summed E-state index contributed by atoms with van der Waals surface area (Å²) in [7, 11) is 0. The molecule has 1 saturated heterocycles. The molecule has 2 aromatic rings. The van der Waals surface area contributed by atoms with Crippen LogP contribution in [0.2, 0.25) is 0 Å². The van der Waals surface area contributed by atoms with E-state index < -0.39 is 0 Å². The Hall–Kier alpha value is -1.63. The zero-order valence-electron chi connectivity index (χ0n) is 13.4. The van der Waals surface area contributed by atoms with Gasteiger partial charge in [-0.1, -0.05) is 15.9 Å². The van der Waals surface area contributed by atoms with E-state index in [9.17, 15) is 4.79 Å². The Morgan fingerprint density at radius 2 is 2.12 bits per heavy atom. The summed E-state index contributed by atoms with van der Waals surface area (Å²) in [5, 5.41) is 2.93. The van der Waals surface area contributed by atoms with Crippen molar-refractivity contribution in [2.75, 3.05) is 25.0 Å². The summed E-state index contributed by atoms with van der Waals surface area (Å²) in [6.07, 6.45) is 3.98. The van der Waals surface area contributed by atoms with Gasteiger partial charge >= 0.3 is 0 Å². The summed E-state index contributed by atoms with van der Waals surface area (Å²) in [6.45, 7) is 2.44. The van der Waals surface area contributed by atoms with Crippen molar-refractivity contribution in [2.45, 2.75) is 25.5 Å². The van der Waals surface area contributed by atoms with Gasteiger partial charge in [0.2, 0.25) is 5.91 Å². The van der Waals surface area contributed by atoms with Gasteiger partial charge in [0, 0.05) is 23.3 Å². The predicted molar refractivity (Wildman–Crippen MR) is 95.7 cm³/mol. The van der Waals surface area contributed by atoms with Crippen molar-refractivity contribution in [1.82, 2.24) is 4.90 Å². The Morgan fingerprint density at radius 1 is 1.29 bits per heavy atom. The maximum absolute atomic E-state index is 12.4. The van der Waals surface area contributed by atoms with Crippen molar-refractivity contribution in [3.05, 3.63) is 52.9 Å². The Kier molecular flexibility index (Phi) is 6.07. The standard InChI is InChI=1S/C18H21BrN2O3/c19-14-5-7-15(8-6-14)20-18(22)13-21(11-16-3-1-9-23-16)12-17-4-2-10-24-17/h1,3,5-9,17H,2,4,10-13H2,(H,20,22). The third kappa shape index (κ3) is 5.19. The molecular formula is C18H21BrN2O3. The van der Waals surface area contributed by atoms with Gasteiger partial charge in [-0.2, -0.15) is 0 Å². The van der Waals surface area contributed by atoms with Crippen molar-refractivity contribution in [3.8, 4) is 0 Å². The molecule has 1 N–H and O–H groups in total. The van der Waals surface area contributed by atoms with Crippen LogP contribution in [0.3, 0.4) is 0 Å². The summed E-state index contributed by atoms with van der Waals surface area (Å²) >= 11 is 3.39. The minimum Gasteiger partial charge on any atom is -0.468 e. The van der Waals surface area contributed by atoms with E-state index in [1.807, 2.05) is 36.4 Å². The second-order valence-electron chi connectivity index (χ2n) is 5.94. The third-order valence-electron chi connectivity index (χ3n) is 3.94. The molecule has 2 heterocycles. The maximum atomic E-state index is 12.4. The van der Waals surface area contributed by atoms with E-state index in [1.54, 1.807) is 6.26 Å². The number of carbonyl (C=O) groups excluding carboxylic acids is 1. The smallest absolute Gasteiger partial charge is 0.238 e. The zero-order valence-corrected chi connectivity index (χ0v) is 15.0. The van der Waals surface area contributed by atoms with Gasteiger partial charge in [-0.25, -0.2) is 0 Å². The second-order valence-corrected chi connectivity index (χ2v) is 6.85. The van der Waals surface area contributed by atoms with E-state index in [0.29, 0.717) is 13.1 Å². The number of hydrogen-bond donors (Lipinski definition) is 1. The Balaban J connectivity index is 1.58. The van der Waals surface area contributed by atoms with E-state index in [1.165, 1.54) is 0 Å². The number of carbonyl (C=O) groups is 1. The van der Waals surface area contributed by atoms with E-state index in [2.05, 4.69) is 26.1 Å². The number of benzene rings is 1. The van der Waals surface area contributed by atoms with Crippen LogP contribution in [0.1, 0.15) is 18.6 Å². The SMILES string of the molecule is O=C(CN(Cc1ccco1)CC1CCCO1)Nc1ccc(Br)cc1. The van der Waals surface area contributed by atoms with Crippen LogP contribution in [0.5, 0.6) is 0 Å². The van der Waals surface area contributed by atoms with Crippen LogP contribution in [-0.4, -0.2) is 36.6 Å². The van der Waals surface area contributed by atoms with E-state index in [4.69, 9.17) is 9.15 Å². The number of ether oxygens (including phenoxy) is 1. The van der Waals surface area contributed by atoms with Gasteiger partial charge in [0.1, 0.15) is 5.76 Å². The van der Waals surface area contributed by atoms with Crippen LogP contribution < -0.4 is 5.32 Å². The van der Waals surface area contributed by atoms with E-state index in [-0.39, 0.29) is 12.0 Å². The minimum absolute atomic E-state index is 0.0399. The summed E-state index contributed by atoms with van der Waals surface area (Å²) in [5.74, 6) is 0.811. The lowest BCUT2D eigenvalue weighted by atomic mass is 10.2. The molecule has 0 spiro atoms. The van der Waals surface area contributed by atoms with Gasteiger partial charge in [-0.15, -0.1) is 0 Å². The number of furan rings is 1. The molecule has 0 radical (unpaired) electrons. The van der Waals surface area contributed by atoms with Gasteiger partial charge < -0.3 is 14.5 Å². The highest BCUT2D eigenvalue weighted by molar-refractivity contribution is 9.10. The van der Waals surface area contributed by atoms with E-state index in [0.717, 1.165) is 41.9 Å². The number of hydrogen-bond acceptors (Lipinski definition) is 4. The molecule has 0 bridgehead atoms. The second kappa shape index (κ2) is 8.46. The molecule has 1 aromatic heterocycles. The number of amides is 1. The molecule has 0 aliphatic carbocycles. The first-order valence-corrected chi connectivity index (χ1v) is 8.90. The largest absolute Gasteiger partial charge is 0.468 e. The summed E-state index contributed by atoms with van der Waals surface area (Å²) < 4.78 is 12.1. The molecule has 128 valence electrons. The van der Waals surface area contributed by atoms with Gasteiger partial charge in [-0.05, 0) is 49.2 Å². The number of rotatable bonds is 7. The van der Waals surface area contributed by atoms with Crippen LogP contribution in [-0.2, 0) is 16.1 Å². The predicted octanol–water partition coefficient (Wildman–Crippen LogP) is 3.66. The molecule has 6 heteroatoms. The van der Waals surface area contributed by atoms with Crippen LogP contribution in [0.15, 0.2) is 51.6 Å². The minimum atomic E-state index is -0.0399. The average Bonchev–Trinajstić information content (AvgIpc) is 3.23. The molecule has 3 rings (SSSR count). The number of nitrogens with one attached hydrogen (secondary N) is 1. The summed E-state index contributed by atoms with van der Waals surface area (Å²) in [6, 6.07) is 11.3. The molecule has 1 aliphatic rings. The zero-order chi connectivity index (χ0) is 16.8. The first kappa shape index (κ1) is 17.2. The first-order valence-electron chi connectivity index (χ1n) is 8.11. The van der Waals surface area contributed by atoms with Crippen molar-refractivity contribution < 1.29 is 13.9 Å². The first-order chi connectivity index (χ1) is 11.7. The van der Waals surface area contributed by atoms with Gasteiger partial charge in [0.15, 0.2) is 0 Å². The molecule has 5 nitrogen and oxygen atoms in total. The lowest BCUT2D eigenvalue weighted by molar-refractivity contribution is -0.117. The highest BCUT2D eigenvalue weighted by Crippen LogP contribution is 2.16. The fraction of sp³-hybridized carbons (Fsp3) is 0.389. The Labute approximate surface area is 150 Å². The van der Waals surface area contributed by atoms with Gasteiger partial charge in [-0.3, -0.25) is 9.69 Å². The molecule has 1 aliphatic heterocycles. The van der Waals surface area contributed by atoms with Crippen LogP contribution in [0, 0.1) is 0 Å². The van der Waals surface area contributed by atoms with Crippen molar-refractivity contribution in [1.29, 1.82) is 0 Å². The molecule has 1 fully saturated rings. The van der Waals surface area contributed by atoms with Crippen molar-refractivity contribution in [3.63, 3.8) is 0 Å². The molecule has 1 aromatic carbocycles. The maximum Gasteiger partial charge on any atom is 0.238 e. The molecular weight excluding hydrogens is 372 g/mol. The lowest BCUT2D eigenvalue weighted by Gasteiger charge is -2.23. The van der Waals surface area contributed by atoms with Crippen molar-refractivity contribution >= 4 is 27.5 Å². The van der Waals surface area contributed by atoms with Crippen LogP contribution in [0.4, 0.5) is 5.69 Å². The topological polar surface area (TPSA) is 54.7 Å². The summed E-state index contributed by atoms with van der Waals surface area (Å²) in [5.41, 5.74) is 0.790. The molecule has 1 atom stereocenters. The number of anilines is 1. The molecule has 1 unspecified atom stereocenters. The van der Waals surface area contributed by atoms with Crippen LogP contribution >= 0.6 is 15.9 Å². The molecule has 0 saturated carbocycles. The third-order valence-corrected chi connectivity index (χ3v) is 4.47. The van der Waals surface area contributed by atoms with E-state index >= 15 is 0 Å². The van der Waals surface area contributed by atoms with Gasteiger partial charge in [0.05, 0.1) is 25.5 Å². The van der Waals surface area contributed by atoms with Gasteiger partial charge in [0.25, 0.3) is 0 Å². The Bertz CT molecular complexity index is 637. The van der Waals surface area contributed by atoms with Crippen molar-refractivity contribution in [2.24, 2.45) is 0 Å². The fourth-order valence-electron chi connectivity index (χ4n) is 2.82. The quantitative estimate of drug-likeness (QED) is 0.780. The lowest BCUT2D eigenvalue weighted by Crippen LogP contribution is -2.37. The normalized spacial score (nSPS) is 17.3. The average molecular weight is 393 g/mol. The Morgan fingerprint density at radius 3 is 2.79 bits per heavy atom. The summed E-state index contributed by atoms with van der Waals surface area (Å²) in [4.78, 5) is 14.4. The highest BCUT2D eigenvalue weighted by atomic mass is 79.9. The fourth-order valence-corrected chi connectivity index (χ4v) is 3.09. The number of nitrogens with zero attached hydrogens (tertiary/aromatic N) is 1. The monoisotopic (exact) mass is 392 g/mol.